The van der Waals surface area contributed by atoms with E-state index in [1.54, 1.807) is 12.1 Å². The number of hydrogen-bond donors (Lipinski definition) is 2. The highest BCUT2D eigenvalue weighted by Gasteiger charge is 2.30. The highest BCUT2D eigenvalue weighted by atomic mass is 19.1. The van der Waals surface area contributed by atoms with Gasteiger partial charge in [-0.05, 0) is 36.5 Å². The first kappa shape index (κ1) is 15.5. The van der Waals surface area contributed by atoms with Gasteiger partial charge in [-0.3, -0.25) is 9.59 Å². The predicted molar refractivity (Wildman–Crippen MR) is 76.2 cm³/mol. The molecule has 1 aliphatic rings. The van der Waals surface area contributed by atoms with E-state index in [9.17, 15) is 19.1 Å². The summed E-state index contributed by atoms with van der Waals surface area (Å²) in [6, 6.07) is 5.81. The topological polar surface area (TPSA) is 66.4 Å². The minimum absolute atomic E-state index is 0.00779. The Morgan fingerprint density at radius 2 is 1.86 bits per heavy atom. The van der Waals surface area contributed by atoms with Crippen LogP contribution < -0.4 is 5.32 Å². The fraction of sp³-hybridized carbons (Fsp3) is 0.500. The lowest BCUT2D eigenvalue weighted by Crippen LogP contribution is -2.37. The van der Waals surface area contributed by atoms with Crippen molar-refractivity contribution in [3.8, 4) is 0 Å². The van der Waals surface area contributed by atoms with Gasteiger partial charge in [0, 0.05) is 6.54 Å². The Labute approximate surface area is 123 Å². The molecule has 0 aromatic heterocycles. The molecule has 2 unspecified atom stereocenters. The first-order valence-corrected chi connectivity index (χ1v) is 7.30. The molecule has 2 atom stereocenters. The van der Waals surface area contributed by atoms with Crippen LogP contribution in [0.1, 0.15) is 31.2 Å². The zero-order chi connectivity index (χ0) is 15.2. The van der Waals surface area contributed by atoms with Crippen molar-refractivity contribution in [2.24, 2.45) is 11.8 Å². The smallest absolute Gasteiger partial charge is 0.306 e. The van der Waals surface area contributed by atoms with Crippen LogP contribution in [0.2, 0.25) is 0 Å². The van der Waals surface area contributed by atoms with Gasteiger partial charge in [-0.1, -0.05) is 25.0 Å². The number of nitrogens with one attached hydrogen (secondary N) is 1. The van der Waals surface area contributed by atoms with E-state index in [2.05, 4.69) is 5.32 Å². The van der Waals surface area contributed by atoms with Crippen LogP contribution in [-0.4, -0.2) is 23.5 Å². The van der Waals surface area contributed by atoms with Crippen LogP contribution in [0.3, 0.4) is 0 Å². The van der Waals surface area contributed by atoms with Gasteiger partial charge in [-0.15, -0.1) is 0 Å². The molecule has 1 aliphatic carbocycles. The van der Waals surface area contributed by atoms with E-state index in [1.807, 2.05) is 0 Å². The molecule has 1 aromatic carbocycles. The molecule has 21 heavy (non-hydrogen) atoms. The molecule has 1 amide bonds. The van der Waals surface area contributed by atoms with Crippen molar-refractivity contribution in [2.45, 2.75) is 32.1 Å². The largest absolute Gasteiger partial charge is 0.481 e. The average molecular weight is 293 g/mol. The van der Waals surface area contributed by atoms with E-state index >= 15 is 0 Å². The molecule has 0 aliphatic heterocycles. The van der Waals surface area contributed by atoms with Crippen molar-refractivity contribution in [3.05, 3.63) is 35.6 Å². The van der Waals surface area contributed by atoms with Gasteiger partial charge in [0.05, 0.1) is 12.3 Å². The van der Waals surface area contributed by atoms with Gasteiger partial charge in [0.15, 0.2) is 0 Å². The molecule has 1 fully saturated rings. The van der Waals surface area contributed by atoms with Crippen LogP contribution in [0, 0.1) is 17.7 Å². The number of halogens is 1. The van der Waals surface area contributed by atoms with Crippen LogP contribution in [0.25, 0.3) is 0 Å². The number of benzene rings is 1. The van der Waals surface area contributed by atoms with Gasteiger partial charge in [0.2, 0.25) is 5.91 Å². The molecular formula is C16H20FNO3. The Balaban J connectivity index is 1.82. The van der Waals surface area contributed by atoms with Crippen LogP contribution in [0.15, 0.2) is 24.3 Å². The van der Waals surface area contributed by atoms with E-state index in [1.165, 1.54) is 12.1 Å². The van der Waals surface area contributed by atoms with E-state index in [0.717, 1.165) is 24.8 Å². The monoisotopic (exact) mass is 293 g/mol. The molecule has 1 aromatic rings. The zero-order valence-electron chi connectivity index (χ0n) is 11.8. The second-order valence-corrected chi connectivity index (χ2v) is 5.60. The quantitative estimate of drug-likeness (QED) is 0.876. The molecule has 2 rings (SSSR count). The van der Waals surface area contributed by atoms with Crippen molar-refractivity contribution in [3.63, 3.8) is 0 Å². The SMILES string of the molecule is O=C(Cc1ccc(F)cc1)NCC1CCCCC1C(=O)O. The Morgan fingerprint density at radius 3 is 2.52 bits per heavy atom. The molecule has 0 saturated heterocycles. The summed E-state index contributed by atoms with van der Waals surface area (Å²) >= 11 is 0. The third kappa shape index (κ3) is 4.55. The van der Waals surface area contributed by atoms with Gasteiger partial charge < -0.3 is 10.4 Å². The van der Waals surface area contributed by atoms with Crippen LogP contribution in [-0.2, 0) is 16.0 Å². The van der Waals surface area contributed by atoms with E-state index in [4.69, 9.17) is 0 Å². The molecule has 0 bridgehead atoms. The maximum Gasteiger partial charge on any atom is 0.306 e. The molecule has 0 spiro atoms. The summed E-state index contributed by atoms with van der Waals surface area (Å²) in [5.74, 6) is -1.60. The van der Waals surface area contributed by atoms with Crippen molar-refractivity contribution in [1.82, 2.24) is 5.32 Å². The zero-order valence-corrected chi connectivity index (χ0v) is 11.8. The number of aliphatic carboxylic acids is 1. The van der Waals surface area contributed by atoms with Crippen molar-refractivity contribution in [2.75, 3.05) is 6.54 Å². The second-order valence-electron chi connectivity index (χ2n) is 5.60. The molecule has 0 radical (unpaired) electrons. The van der Waals surface area contributed by atoms with E-state index < -0.39 is 5.97 Å². The number of carboxylic acids is 1. The Kier molecular flexibility index (Phi) is 5.31. The van der Waals surface area contributed by atoms with E-state index in [-0.39, 0.29) is 30.0 Å². The van der Waals surface area contributed by atoms with Crippen molar-refractivity contribution >= 4 is 11.9 Å². The lowest BCUT2D eigenvalue weighted by Gasteiger charge is -2.28. The van der Waals surface area contributed by atoms with Gasteiger partial charge in [0.25, 0.3) is 0 Å². The van der Waals surface area contributed by atoms with Gasteiger partial charge in [-0.25, -0.2) is 4.39 Å². The number of carbonyl (C=O) groups is 2. The van der Waals surface area contributed by atoms with Crippen LogP contribution in [0.5, 0.6) is 0 Å². The Morgan fingerprint density at radius 1 is 1.19 bits per heavy atom. The summed E-state index contributed by atoms with van der Waals surface area (Å²) in [6.07, 6.45) is 3.67. The van der Waals surface area contributed by atoms with Crippen LogP contribution in [0.4, 0.5) is 4.39 Å². The van der Waals surface area contributed by atoms with Gasteiger partial charge in [-0.2, -0.15) is 0 Å². The van der Waals surface area contributed by atoms with E-state index in [0.29, 0.717) is 13.0 Å². The standard InChI is InChI=1S/C16H20FNO3/c17-13-7-5-11(6-8-13)9-15(19)18-10-12-3-1-2-4-14(12)16(20)21/h5-8,12,14H,1-4,9-10H2,(H,18,19)(H,20,21). The summed E-state index contributed by atoms with van der Waals surface area (Å²) < 4.78 is 12.8. The van der Waals surface area contributed by atoms with Gasteiger partial charge >= 0.3 is 5.97 Å². The molecule has 5 heteroatoms. The maximum atomic E-state index is 12.8. The Hall–Kier alpha value is -1.91. The summed E-state index contributed by atoms with van der Waals surface area (Å²) in [4.78, 5) is 23.0. The number of amides is 1. The maximum absolute atomic E-state index is 12.8. The molecule has 1 saturated carbocycles. The lowest BCUT2D eigenvalue weighted by atomic mass is 9.79. The fourth-order valence-corrected chi connectivity index (χ4v) is 2.87. The summed E-state index contributed by atoms with van der Waals surface area (Å²) in [5.41, 5.74) is 0.743. The number of carboxylic acid groups (broad SMARTS) is 1. The molecular weight excluding hydrogens is 273 g/mol. The highest BCUT2D eigenvalue weighted by Crippen LogP contribution is 2.29. The number of hydrogen-bond acceptors (Lipinski definition) is 2. The normalized spacial score (nSPS) is 21.8. The molecule has 2 N–H and O–H groups in total. The van der Waals surface area contributed by atoms with Crippen molar-refractivity contribution in [1.29, 1.82) is 0 Å². The summed E-state index contributed by atoms with van der Waals surface area (Å²) in [7, 11) is 0. The predicted octanol–water partition coefficient (Wildman–Crippen LogP) is 2.38. The summed E-state index contributed by atoms with van der Waals surface area (Å²) in [6.45, 7) is 0.400. The van der Waals surface area contributed by atoms with Gasteiger partial charge in [0.1, 0.15) is 5.82 Å². The summed E-state index contributed by atoms with van der Waals surface area (Å²) in [5, 5.41) is 12.0. The molecule has 4 nitrogen and oxygen atoms in total. The highest BCUT2D eigenvalue weighted by molar-refractivity contribution is 5.78. The minimum atomic E-state index is -0.771. The lowest BCUT2D eigenvalue weighted by molar-refractivity contribution is -0.145. The number of carbonyl (C=O) groups excluding carboxylic acids is 1. The first-order chi connectivity index (χ1) is 10.1. The second kappa shape index (κ2) is 7.20. The first-order valence-electron chi connectivity index (χ1n) is 7.30. The van der Waals surface area contributed by atoms with Crippen molar-refractivity contribution < 1.29 is 19.1 Å². The average Bonchev–Trinajstić information content (AvgIpc) is 2.48. The third-order valence-electron chi connectivity index (χ3n) is 4.07. The fourth-order valence-electron chi connectivity index (χ4n) is 2.87. The Bertz CT molecular complexity index is 501. The number of rotatable bonds is 5. The molecule has 0 heterocycles. The van der Waals surface area contributed by atoms with Crippen LogP contribution >= 0.6 is 0 Å². The third-order valence-corrected chi connectivity index (χ3v) is 4.07. The minimum Gasteiger partial charge on any atom is -0.481 e. The molecule has 114 valence electrons.